The van der Waals surface area contributed by atoms with Crippen LogP contribution in [0, 0.1) is 13.8 Å². The lowest BCUT2D eigenvalue weighted by Gasteiger charge is -2.19. The molecule has 0 aliphatic carbocycles. The number of H-pyrrole nitrogens is 1. The number of anilines is 1. The number of esters is 1. The van der Waals surface area contributed by atoms with Crippen LogP contribution in [-0.2, 0) is 14.3 Å². The van der Waals surface area contributed by atoms with Gasteiger partial charge in [-0.2, -0.15) is 0 Å². The van der Waals surface area contributed by atoms with Gasteiger partial charge in [0, 0.05) is 28.4 Å². The molecule has 0 fully saturated rings. The van der Waals surface area contributed by atoms with E-state index in [1.54, 1.807) is 6.92 Å². The Morgan fingerprint density at radius 3 is 2.50 bits per heavy atom. The second-order valence-corrected chi connectivity index (χ2v) is 6.76. The molecule has 0 saturated heterocycles. The maximum Gasteiger partial charge on any atom is 0.325 e. The summed E-state index contributed by atoms with van der Waals surface area (Å²) < 4.78 is 4.90. The van der Waals surface area contributed by atoms with Crippen LogP contribution in [0.25, 0.3) is 10.9 Å². The lowest BCUT2D eigenvalue weighted by Crippen LogP contribution is -2.37. The molecule has 1 heterocycles. The molecule has 6 nitrogen and oxygen atoms in total. The first-order valence-corrected chi connectivity index (χ1v) is 9.32. The van der Waals surface area contributed by atoms with Crippen molar-refractivity contribution in [2.24, 2.45) is 0 Å². The lowest BCUT2D eigenvalue weighted by atomic mass is 10.0. The molecule has 146 valence electrons. The van der Waals surface area contributed by atoms with Gasteiger partial charge < -0.3 is 20.4 Å². The molecule has 28 heavy (non-hydrogen) atoms. The van der Waals surface area contributed by atoms with Gasteiger partial charge in [0.15, 0.2) is 0 Å². The Bertz CT molecular complexity index is 976. The second-order valence-electron chi connectivity index (χ2n) is 6.76. The number of nitrogens with one attached hydrogen (secondary N) is 3. The molecule has 0 saturated carbocycles. The van der Waals surface area contributed by atoms with E-state index in [0.717, 1.165) is 33.3 Å². The molecule has 1 atom stereocenters. The summed E-state index contributed by atoms with van der Waals surface area (Å²) in [4.78, 5) is 27.8. The molecule has 3 N–H and O–H groups in total. The van der Waals surface area contributed by atoms with Crippen molar-refractivity contribution in [1.29, 1.82) is 0 Å². The van der Waals surface area contributed by atoms with Gasteiger partial charge in [-0.05, 0) is 45.0 Å². The summed E-state index contributed by atoms with van der Waals surface area (Å²) in [5, 5.41) is 6.94. The van der Waals surface area contributed by atoms with E-state index in [0.29, 0.717) is 0 Å². The molecular formula is C22H25N3O3. The van der Waals surface area contributed by atoms with Gasteiger partial charge in [-0.15, -0.1) is 0 Å². The first-order chi connectivity index (χ1) is 13.5. The monoisotopic (exact) mass is 379 g/mol. The number of aromatic nitrogens is 1. The van der Waals surface area contributed by atoms with E-state index < -0.39 is 12.0 Å². The number of carbonyl (C=O) groups excluding carboxylic acids is 2. The predicted octanol–water partition coefficient (Wildman–Crippen LogP) is 3.62. The quantitative estimate of drug-likeness (QED) is 0.548. The van der Waals surface area contributed by atoms with Crippen molar-refractivity contribution < 1.29 is 14.3 Å². The average Bonchev–Trinajstić information content (AvgIpc) is 3.08. The van der Waals surface area contributed by atoms with E-state index in [4.69, 9.17) is 4.74 Å². The molecule has 1 aromatic heterocycles. The summed E-state index contributed by atoms with van der Waals surface area (Å²) in [5.41, 5.74) is 4.84. The summed E-state index contributed by atoms with van der Waals surface area (Å²) in [6.45, 7) is 5.87. The zero-order valence-corrected chi connectivity index (χ0v) is 16.3. The van der Waals surface area contributed by atoms with E-state index in [-0.39, 0.29) is 19.1 Å². The number of aromatic amines is 1. The Balaban J connectivity index is 1.91. The predicted molar refractivity (Wildman–Crippen MR) is 110 cm³/mol. The van der Waals surface area contributed by atoms with Crippen LogP contribution >= 0.6 is 0 Å². The Morgan fingerprint density at radius 1 is 1.07 bits per heavy atom. The number of amides is 1. The number of hydrogen-bond acceptors (Lipinski definition) is 4. The smallest absolute Gasteiger partial charge is 0.325 e. The summed E-state index contributed by atoms with van der Waals surface area (Å²) in [7, 11) is 0. The van der Waals surface area contributed by atoms with Gasteiger partial charge in [0.1, 0.15) is 12.6 Å². The van der Waals surface area contributed by atoms with Gasteiger partial charge in [0.25, 0.3) is 0 Å². The molecule has 1 amide bonds. The fraction of sp³-hybridized carbons (Fsp3) is 0.273. The average molecular weight is 379 g/mol. The number of rotatable bonds is 7. The summed E-state index contributed by atoms with van der Waals surface area (Å²) in [6, 6.07) is 13.2. The molecule has 0 aliphatic heterocycles. The van der Waals surface area contributed by atoms with Crippen molar-refractivity contribution in [1.82, 2.24) is 10.3 Å². The highest BCUT2D eigenvalue weighted by Gasteiger charge is 2.24. The number of fused-ring (bicyclic) bond motifs is 1. The maximum atomic E-state index is 13.0. The number of ether oxygens (including phenoxy) is 1. The van der Waals surface area contributed by atoms with Gasteiger partial charge in [-0.3, -0.25) is 9.59 Å². The Kier molecular flexibility index (Phi) is 5.99. The van der Waals surface area contributed by atoms with Crippen molar-refractivity contribution >= 4 is 28.5 Å². The normalized spacial score (nSPS) is 11.8. The van der Waals surface area contributed by atoms with E-state index in [1.807, 2.05) is 62.5 Å². The van der Waals surface area contributed by atoms with Crippen molar-refractivity contribution in [3.63, 3.8) is 0 Å². The van der Waals surface area contributed by atoms with Gasteiger partial charge in [0.2, 0.25) is 5.91 Å². The first kappa shape index (κ1) is 19.5. The number of hydrogen-bond donors (Lipinski definition) is 3. The Hall–Kier alpha value is -3.28. The van der Waals surface area contributed by atoms with Gasteiger partial charge >= 0.3 is 5.97 Å². The topological polar surface area (TPSA) is 83.2 Å². The van der Waals surface area contributed by atoms with Crippen LogP contribution in [0.4, 0.5) is 5.69 Å². The standard InChI is InChI=1S/C22H25N3O3/c1-4-28-20(26)13-24-22(27)21(25-16-8-5-14(2)6-9-16)18-12-23-19-10-7-15(3)11-17(18)19/h5-12,21,23,25H,4,13H2,1-3H3,(H,24,27). The summed E-state index contributed by atoms with van der Waals surface area (Å²) in [5.74, 6) is -0.754. The van der Waals surface area contributed by atoms with Crippen molar-refractivity contribution in [3.05, 3.63) is 65.4 Å². The highest BCUT2D eigenvalue weighted by Crippen LogP contribution is 2.28. The van der Waals surface area contributed by atoms with Crippen LogP contribution in [0.1, 0.15) is 29.7 Å². The molecular weight excluding hydrogens is 354 g/mol. The second kappa shape index (κ2) is 8.61. The first-order valence-electron chi connectivity index (χ1n) is 9.32. The molecule has 0 aliphatic rings. The van der Waals surface area contributed by atoms with E-state index >= 15 is 0 Å². The number of benzene rings is 2. The molecule has 1 unspecified atom stereocenters. The third-order valence-corrected chi connectivity index (χ3v) is 4.52. The molecule has 2 aromatic carbocycles. The van der Waals surface area contributed by atoms with Gasteiger partial charge in [-0.25, -0.2) is 0 Å². The SMILES string of the molecule is CCOC(=O)CNC(=O)C(Nc1ccc(C)cc1)c1c[nH]c2ccc(C)cc12. The molecule has 3 aromatic rings. The minimum absolute atomic E-state index is 0.167. The van der Waals surface area contributed by atoms with Crippen LogP contribution in [0.5, 0.6) is 0 Å². The highest BCUT2D eigenvalue weighted by atomic mass is 16.5. The number of carbonyl (C=O) groups is 2. The van der Waals surface area contributed by atoms with E-state index in [9.17, 15) is 9.59 Å². The minimum Gasteiger partial charge on any atom is -0.465 e. The third-order valence-electron chi connectivity index (χ3n) is 4.52. The number of aryl methyl sites for hydroxylation is 2. The molecule has 0 radical (unpaired) electrons. The largest absolute Gasteiger partial charge is 0.465 e. The van der Waals surface area contributed by atoms with Crippen molar-refractivity contribution in [3.8, 4) is 0 Å². The molecule has 0 bridgehead atoms. The van der Waals surface area contributed by atoms with Crippen LogP contribution in [0.15, 0.2) is 48.7 Å². The molecule has 0 spiro atoms. The van der Waals surface area contributed by atoms with Crippen molar-refractivity contribution in [2.45, 2.75) is 26.8 Å². The van der Waals surface area contributed by atoms with Crippen LogP contribution in [-0.4, -0.2) is 30.0 Å². The van der Waals surface area contributed by atoms with Gasteiger partial charge in [0.05, 0.1) is 6.61 Å². The zero-order chi connectivity index (χ0) is 20.1. The maximum absolute atomic E-state index is 13.0. The zero-order valence-electron chi connectivity index (χ0n) is 16.3. The van der Waals surface area contributed by atoms with E-state index in [2.05, 4.69) is 15.6 Å². The van der Waals surface area contributed by atoms with Crippen molar-refractivity contribution in [2.75, 3.05) is 18.5 Å². The molecule has 6 heteroatoms. The van der Waals surface area contributed by atoms with Crippen LogP contribution < -0.4 is 10.6 Å². The van der Waals surface area contributed by atoms with Crippen LogP contribution in [0.3, 0.4) is 0 Å². The summed E-state index contributed by atoms with van der Waals surface area (Å²) >= 11 is 0. The highest BCUT2D eigenvalue weighted by molar-refractivity contribution is 5.94. The fourth-order valence-corrected chi connectivity index (χ4v) is 3.07. The minimum atomic E-state index is -0.660. The van der Waals surface area contributed by atoms with Gasteiger partial charge in [-0.1, -0.05) is 29.3 Å². The van der Waals surface area contributed by atoms with E-state index in [1.165, 1.54) is 0 Å². The fourth-order valence-electron chi connectivity index (χ4n) is 3.07. The Labute approximate surface area is 164 Å². The third kappa shape index (κ3) is 4.52. The summed E-state index contributed by atoms with van der Waals surface area (Å²) in [6.07, 6.45) is 1.83. The molecule has 3 rings (SSSR count). The lowest BCUT2D eigenvalue weighted by molar-refractivity contribution is -0.143. The van der Waals surface area contributed by atoms with Crippen LogP contribution in [0.2, 0.25) is 0 Å². The Morgan fingerprint density at radius 2 is 1.79 bits per heavy atom.